The Morgan fingerprint density at radius 2 is 1.39 bits per heavy atom. The van der Waals surface area contributed by atoms with Crippen LogP contribution in [0.15, 0.2) is 84.9 Å². The minimum atomic E-state index is -3.57. The van der Waals surface area contributed by atoms with E-state index in [1.165, 1.54) is 11.9 Å². The molecular weight excluding hydrogens is 474 g/mol. The van der Waals surface area contributed by atoms with Crippen molar-refractivity contribution in [3.05, 3.63) is 107 Å². The Morgan fingerprint density at radius 3 is 1.94 bits per heavy atom. The molecule has 7 nitrogen and oxygen atoms in total. The van der Waals surface area contributed by atoms with Gasteiger partial charge in [-0.05, 0) is 23.6 Å². The third-order valence-electron chi connectivity index (χ3n) is 5.98. The molecule has 1 N–H and O–H groups in total. The third-order valence-corrected chi connectivity index (χ3v) is 7.24. The van der Waals surface area contributed by atoms with Gasteiger partial charge in [0.1, 0.15) is 6.04 Å². The second-order valence-electron chi connectivity index (χ2n) is 8.94. The van der Waals surface area contributed by atoms with Crippen LogP contribution in [-0.2, 0) is 39.1 Å². The molecule has 0 fully saturated rings. The third kappa shape index (κ3) is 8.03. The van der Waals surface area contributed by atoms with E-state index in [4.69, 9.17) is 0 Å². The molecule has 8 heteroatoms. The molecule has 0 aliphatic carbocycles. The summed E-state index contributed by atoms with van der Waals surface area (Å²) in [6.45, 7) is 2.13. The molecule has 0 saturated carbocycles. The van der Waals surface area contributed by atoms with Crippen LogP contribution in [0.5, 0.6) is 0 Å². The molecule has 3 aromatic rings. The lowest BCUT2D eigenvalue weighted by atomic mass is 10.0. The van der Waals surface area contributed by atoms with Crippen molar-refractivity contribution in [2.75, 3.05) is 19.8 Å². The maximum absolute atomic E-state index is 13.6. The summed E-state index contributed by atoms with van der Waals surface area (Å²) in [5, 5.41) is 2.98. The van der Waals surface area contributed by atoms with Crippen LogP contribution in [0.1, 0.15) is 22.3 Å². The number of carbonyl (C=O) groups is 2. The molecule has 2 amide bonds. The van der Waals surface area contributed by atoms with Crippen molar-refractivity contribution in [2.45, 2.75) is 32.5 Å². The molecule has 1 atom stereocenters. The van der Waals surface area contributed by atoms with Gasteiger partial charge in [-0.25, -0.2) is 8.42 Å². The number of benzene rings is 3. The molecule has 0 heterocycles. The SMILES string of the molecule is Cc1ccc(CNC(=O)[C@@H](Cc2ccccc2)N(Cc2ccccc2)C(=O)CN(C)S(C)(=O)=O)cc1. The van der Waals surface area contributed by atoms with Crippen molar-refractivity contribution >= 4 is 21.8 Å². The molecule has 3 rings (SSSR count). The van der Waals surface area contributed by atoms with Gasteiger partial charge >= 0.3 is 0 Å². The molecule has 0 saturated heterocycles. The Morgan fingerprint density at radius 1 is 0.833 bits per heavy atom. The lowest BCUT2D eigenvalue weighted by Gasteiger charge is -2.32. The highest BCUT2D eigenvalue weighted by Crippen LogP contribution is 2.16. The van der Waals surface area contributed by atoms with Crippen LogP contribution in [0.2, 0.25) is 0 Å². The Bertz CT molecular complexity index is 1250. The fraction of sp³-hybridized carbons (Fsp3) is 0.286. The molecule has 0 radical (unpaired) electrons. The largest absolute Gasteiger partial charge is 0.350 e. The van der Waals surface area contributed by atoms with Crippen molar-refractivity contribution in [3.63, 3.8) is 0 Å². The average molecular weight is 508 g/mol. The van der Waals surface area contributed by atoms with Gasteiger partial charge in [-0.1, -0.05) is 90.5 Å². The van der Waals surface area contributed by atoms with Crippen LogP contribution in [-0.4, -0.2) is 55.3 Å². The van der Waals surface area contributed by atoms with Gasteiger partial charge in [-0.15, -0.1) is 0 Å². The van der Waals surface area contributed by atoms with Gasteiger partial charge in [0.15, 0.2) is 0 Å². The van der Waals surface area contributed by atoms with E-state index < -0.39 is 22.0 Å². The summed E-state index contributed by atoms with van der Waals surface area (Å²) in [6, 6.07) is 25.9. The predicted molar refractivity (Wildman–Crippen MR) is 141 cm³/mol. The van der Waals surface area contributed by atoms with Gasteiger partial charge in [0.05, 0.1) is 12.8 Å². The maximum atomic E-state index is 13.6. The van der Waals surface area contributed by atoms with Gasteiger partial charge in [-0.2, -0.15) is 4.31 Å². The van der Waals surface area contributed by atoms with E-state index >= 15 is 0 Å². The zero-order valence-electron chi connectivity index (χ0n) is 20.9. The van der Waals surface area contributed by atoms with Crippen LogP contribution >= 0.6 is 0 Å². The number of hydrogen-bond donors (Lipinski definition) is 1. The first-order chi connectivity index (χ1) is 17.1. The number of rotatable bonds is 11. The van der Waals surface area contributed by atoms with E-state index in [2.05, 4.69) is 5.32 Å². The second kappa shape index (κ2) is 12.5. The summed E-state index contributed by atoms with van der Waals surface area (Å²) in [5.74, 6) is -0.746. The smallest absolute Gasteiger partial charge is 0.243 e. The number of sulfonamides is 1. The van der Waals surface area contributed by atoms with Gasteiger partial charge in [0, 0.05) is 26.6 Å². The molecule has 0 unspecified atom stereocenters. The molecule has 3 aromatic carbocycles. The zero-order valence-corrected chi connectivity index (χ0v) is 21.7. The van der Waals surface area contributed by atoms with Gasteiger partial charge in [0.2, 0.25) is 21.8 Å². The first-order valence-corrected chi connectivity index (χ1v) is 13.6. The molecule has 0 aliphatic rings. The summed E-state index contributed by atoms with van der Waals surface area (Å²) in [5.41, 5.74) is 3.82. The van der Waals surface area contributed by atoms with Gasteiger partial charge in [0.25, 0.3) is 0 Å². The predicted octanol–water partition coefficient (Wildman–Crippen LogP) is 3.14. The van der Waals surface area contributed by atoms with E-state index in [-0.39, 0.29) is 19.0 Å². The highest BCUT2D eigenvalue weighted by atomic mass is 32.2. The molecule has 0 bridgehead atoms. The maximum Gasteiger partial charge on any atom is 0.243 e. The fourth-order valence-corrected chi connectivity index (χ4v) is 4.09. The topological polar surface area (TPSA) is 86.8 Å². The lowest BCUT2D eigenvalue weighted by molar-refractivity contribution is -0.141. The minimum absolute atomic E-state index is 0.173. The van der Waals surface area contributed by atoms with Crippen LogP contribution in [0, 0.1) is 6.92 Å². The van der Waals surface area contributed by atoms with Crippen LogP contribution in [0.25, 0.3) is 0 Å². The number of amides is 2. The Hall–Kier alpha value is -3.49. The monoisotopic (exact) mass is 507 g/mol. The van der Waals surface area contributed by atoms with Gasteiger partial charge in [-0.3, -0.25) is 9.59 Å². The van der Waals surface area contributed by atoms with Crippen LogP contribution < -0.4 is 5.32 Å². The Kier molecular flexibility index (Phi) is 9.38. The molecule has 0 aliphatic heterocycles. The Labute approximate surface area is 213 Å². The van der Waals surface area contributed by atoms with Crippen LogP contribution in [0.4, 0.5) is 0 Å². The first kappa shape index (κ1) is 27.1. The second-order valence-corrected chi connectivity index (χ2v) is 11.0. The fourth-order valence-electron chi connectivity index (χ4n) is 3.75. The normalized spacial score (nSPS) is 12.2. The number of hydrogen-bond acceptors (Lipinski definition) is 4. The van der Waals surface area contributed by atoms with E-state index in [1.54, 1.807) is 0 Å². The Balaban J connectivity index is 1.92. The summed E-state index contributed by atoms with van der Waals surface area (Å²) < 4.78 is 25.0. The van der Waals surface area contributed by atoms with E-state index in [0.717, 1.165) is 32.8 Å². The van der Waals surface area contributed by atoms with Crippen molar-refractivity contribution in [3.8, 4) is 0 Å². The van der Waals surface area contributed by atoms with Crippen molar-refractivity contribution in [2.24, 2.45) is 0 Å². The molecule has 0 spiro atoms. The molecule has 190 valence electrons. The standard InChI is InChI=1S/C28H33N3O4S/c1-22-14-16-24(17-15-22)19-29-28(33)26(18-23-10-6-4-7-11-23)31(20-25-12-8-5-9-13-25)27(32)21-30(2)36(3,34)35/h4-17,26H,18-21H2,1-3H3,(H,29,33)/t26-/m1/s1. The van der Waals surface area contributed by atoms with Gasteiger partial charge < -0.3 is 10.2 Å². The van der Waals surface area contributed by atoms with E-state index in [9.17, 15) is 18.0 Å². The highest BCUT2D eigenvalue weighted by Gasteiger charge is 2.31. The summed E-state index contributed by atoms with van der Waals surface area (Å²) in [7, 11) is -2.21. The summed E-state index contributed by atoms with van der Waals surface area (Å²) in [4.78, 5) is 28.5. The van der Waals surface area contributed by atoms with E-state index in [0.29, 0.717) is 13.0 Å². The minimum Gasteiger partial charge on any atom is -0.350 e. The number of carbonyl (C=O) groups excluding carboxylic acids is 2. The number of aryl methyl sites for hydroxylation is 1. The first-order valence-electron chi connectivity index (χ1n) is 11.8. The van der Waals surface area contributed by atoms with Crippen LogP contribution in [0.3, 0.4) is 0 Å². The lowest BCUT2D eigenvalue weighted by Crippen LogP contribution is -2.52. The van der Waals surface area contributed by atoms with Crippen molar-refractivity contribution in [1.82, 2.24) is 14.5 Å². The zero-order chi connectivity index (χ0) is 26.1. The summed E-state index contributed by atoms with van der Waals surface area (Å²) in [6.07, 6.45) is 1.35. The quantitative estimate of drug-likeness (QED) is 0.432. The molecule has 36 heavy (non-hydrogen) atoms. The average Bonchev–Trinajstić information content (AvgIpc) is 2.86. The highest BCUT2D eigenvalue weighted by molar-refractivity contribution is 7.88. The van der Waals surface area contributed by atoms with E-state index in [1.807, 2.05) is 91.9 Å². The number of nitrogens with zero attached hydrogens (tertiary/aromatic N) is 2. The number of nitrogens with one attached hydrogen (secondary N) is 1. The molecule has 0 aromatic heterocycles. The van der Waals surface area contributed by atoms with Crippen molar-refractivity contribution < 1.29 is 18.0 Å². The summed E-state index contributed by atoms with van der Waals surface area (Å²) >= 11 is 0. The molecular formula is C28H33N3O4S. The van der Waals surface area contributed by atoms with Crippen molar-refractivity contribution in [1.29, 1.82) is 0 Å². The number of likely N-dealkylation sites (N-methyl/N-ethyl adjacent to an activating group) is 1.